The summed E-state index contributed by atoms with van der Waals surface area (Å²) in [5.74, 6) is 1.33. The number of carbonyl (C=O) groups is 1. The van der Waals surface area contributed by atoms with Crippen LogP contribution in [0.4, 0.5) is 0 Å². The lowest BCUT2D eigenvalue weighted by Crippen LogP contribution is -2.32. The molecule has 158 valence electrons. The largest absolute Gasteiger partial charge is 0.497 e. The highest BCUT2D eigenvalue weighted by Gasteiger charge is 2.19. The van der Waals surface area contributed by atoms with Crippen LogP contribution >= 0.6 is 0 Å². The molecule has 5 nitrogen and oxygen atoms in total. The van der Waals surface area contributed by atoms with Crippen LogP contribution in [0.2, 0.25) is 0 Å². The average molecular weight is 415 g/mol. The van der Waals surface area contributed by atoms with Crippen LogP contribution in [-0.4, -0.2) is 31.2 Å². The van der Waals surface area contributed by atoms with Gasteiger partial charge in [-0.2, -0.15) is 0 Å². The lowest BCUT2D eigenvalue weighted by atomic mass is 9.91. The third-order valence-electron chi connectivity index (χ3n) is 5.38. The fourth-order valence-electron chi connectivity index (χ4n) is 3.75. The summed E-state index contributed by atoms with van der Waals surface area (Å²) in [5, 5.41) is 4.19. The van der Waals surface area contributed by atoms with Crippen LogP contribution in [0.15, 0.2) is 79.0 Å². The molecule has 1 aromatic heterocycles. The fraction of sp³-hybridized carbons (Fsp3) is 0.192. The predicted octanol–water partition coefficient (Wildman–Crippen LogP) is 4.81. The molecule has 0 aliphatic carbocycles. The van der Waals surface area contributed by atoms with Crippen molar-refractivity contribution in [3.8, 4) is 11.5 Å². The van der Waals surface area contributed by atoms with Crippen LogP contribution in [0.25, 0.3) is 10.9 Å². The summed E-state index contributed by atoms with van der Waals surface area (Å²) in [6.07, 6.45) is 2.02. The van der Waals surface area contributed by atoms with Gasteiger partial charge >= 0.3 is 0 Å². The molecule has 1 heterocycles. The standard InChI is InChI=1S/C26H26N2O3/c1-18-6-5-7-21(14-18)31-17-26(29)28-15-23(19-10-12-20(30-2)13-11-19)24-16-27-25-9-4-3-8-22(24)25/h3-14,16,23,27H,15,17H2,1-2H3,(H,28,29). The Morgan fingerprint density at radius 1 is 1.00 bits per heavy atom. The molecule has 0 saturated heterocycles. The van der Waals surface area contributed by atoms with Crippen molar-refractivity contribution in [3.63, 3.8) is 0 Å². The van der Waals surface area contributed by atoms with Crippen molar-refractivity contribution in [2.75, 3.05) is 20.3 Å². The van der Waals surface area contributed by atoms with E-state index >= 15 is 0 Å². The van der Waals surface area contributed by atoms with Crippen LogP contribution in [0.1, 0.15) is 22.6 Å². The molecule has 0 bridgehead atoms. The van der Waals surface area contributed by atoms with Gasteiger partial charge in [0.25, 0.3) is 5.91 Å². The first kappa shape index (κ1) is 20.5. The Morgan fingerprint density at radius 2 is 1.81 bits per heavy atom. The maximum atomic E-state index is 12.5. The van der Waals surface area contributed by atoms with Gasteiger partial charge in [0.1, 0.15) is 11.5 Å². The van der Waals surface area contributed by atoms with Crippen LogP contribution in [0.5, 0.6) is 11.5 Å². The van der Waals surface area contributed by atoms with Gasteiger partial charge in [0.05, 0.1) is 7.11 Å². The zero-order valence-corrected chi connectivity index (χ0v) is 17.7. The number of hydrogen-bond acceptors (Lipinski definition) is 3. The summed E-state index contributed by atoms with van der Waals surface area (Å²) in [6.45, 7) is 2.43. The molecule has 2 N–H and O–H groups in total. The first-order valence-electron chi connectivity index (χ1n) is 10.3. The van der Waals surface area contributed by atoms with Crippen LogP contribution in [0.3, 0.4) is 0 Å². The number of para-hydroxylation sites is 1. The van der Waals surface area contributed by atoms with E-state index in [0.29, 0.717) is 12.3 Å². The third kappa shape index (κ3) is 4.89. The Kier molecular flexibility index (Phi) is 6.22. The Bertz CT molecular complexity index is 1160. The molecule has 3 aromatic carbocycles. The molecule has 31 heavy (non-hydrogen) atoms. The van der Waals surface area contributed by atoms with Crippen molar-refractivity contribution in [3.05, 3.63) is 95.7 Å². The molecule has 0 saturated carbocycles. The number of hydrogen-bond donors (Lipinski definition) is 2. The van der Waals surface area contributed by atoms with Gasteiger partial charge in [-0.1, -0.05) is 42.5 Å². The number of carbonyl (C=O) groups excluding carboxylic acids is 1. The summed E-state index contributed by atoms with van der Waals surface area (Å²) in [4.78, 5) is 15.8. The highest BCUT2D eigenvalue weighted by molar-refractivity contribution is 5.84. The lowest BCUT2D eigenvalue weighted by Gasteiger charge is -2.19. The van der Waals surface area contributed by atoms with Gasteiger partial charge < -0.3 is 19.8 Å². The van der Waals surface area contributed by atoms with Gasteiger partial charge in [-0.3, -0.25) is 4.79 Å². The molecule has 1 unspecified atom stereocenters. The second kappa shape index (κ2) is 9.39. The Hall–Kier alpha value is -3.73. The number of nitrogens with one attached hydrogen (secondary N) is 2. The lowest BCUT2D eigenvalue weighted by molar-refractivity contribution is -0.123. The van der Waals surface area contributed by atoms with Crippen LogP contribution in [-0.2, 0) is 4.79 Å². The topological polar surface area (TPSA) is 63.4 Å². The van der Waals surface area contributed by atoms with Crippen molar-refractivity contribution >= 4 is 16.8 Å². The molecule has 4 aromatic rings. The van der Waals surface area contributed by atoms with Crippen LogP contribution in [0, 0.1) is 6.92 Å². The summed E-state index contributed by atoms with van der Waals surface area (Å²) in [5.41, 5.74) is 4.41. The average Bonchev–Trinajstić information content (AvgIpc) is 3.22. The zero-order chi connectivity index (χ0) is 21.6. The summed E-state index contributed by atoms with van der Waals surface area (Å²) in [6, 6.07) is 23.8. The summed E-state index contributed by atoms with van der Waals surface area (Å²) in [7, 11) is 1.65. The van der Waals surface area contributed by atoms with Crippen molar-refractivity contribution in [1.29, 1.82) is 0 Å². The number of benzene rings is 3. The highest BCUT2D eigenvalue weighted by Crippen LogP contribution is 2.31. The maximum Gasteiger partial charge on any atom is 0.257 e. The fourth-order valence-corrected chi connectivity index (χ4v) is 3.75. The first-order valence-corrected chi connectivity index (χ1v) is 10.3. The van der Waals surface area contributed by atoms with E-state index in [1.54, 1.807) is 7.11 Å². The summed E-state index contributed by atoms with van der Waals surface area (Å²) >= 11 is 0. The molecule has 0 aliphatic rings. The van der Waals surface area contributed by atoms with Crippen LogP contribution < -0.4 is 14.8 Å². The van der Waals surface area contributed by atoms with Gasteiger partial charge in [0.2, 0.25) is 0 Å². The summed E-state index contributed by atoms with van der Waals surface area (Å²) < 4.78 is 10.9. The minimum atomic E-state index is -0.153. The molecule has 0 aliphatic heterocycles. The molecule has 0 fully saturated rings. The zero-order valence-electron chi connectivity index (χ0n) is 17.7. The second-order valence-corrected chi connectivity index (χ2v) is 7.52. The normalized spacial score (nSPS) is 11.8. The Morgan fingerprint density at radius 3 is 2.58 bits per heavy atom. The van der Waals surface area contributed by atoms with Gasteiger partial charge in [0, 0.05) is 29.6 Å². The van der Waals surface area contributed by atoms with Gasteiger partial charge in [-0.05, 0) is 53.9 Å². The smallest absolute Gasteiger partial charge is 0.257 e. The van der Waals surface area contributed by atoms with Gasteiger partial charge in [-0.15, -0.1) is 0 Å². The van der Waals surface area contributed by atoms with E-state index < -0.39 is 0 Å². The number of methoxy groups -OCH3 is 1. The van der Waals surface area contributed by atoms with Gasteiger partial charge in [-0.25, -0.2) is 0 Å². The maximum absolute atomic E-state index is 12.5. The second-order valence-electron chi connectivity index (χ2n) is 7.52. The first-order chi connectivity index (χ1) is 15.1. The van der Waals surface area contributed by atoms with E-state index in [0.717, 1.165) is 33.3 Å². The number of fused-ring (bicyclic) bond motifs is 1. The molecule has 4 rings (SSSR count). The number of aromatic nitrogens is 1. The quantitative estimate of drug-likeness (QED) is 0.435. The van der Waals surface area contributed by atoms with E-state index in [-0.39, 0.29) is 18.4 Å². The SMILES string of the molecule is COc1ccc(C(CNC(=O)COc2cccc(C)c2)c2c[nH]c3ccccc23)cc1. The predicted molar refractivity (Wildman–Crippen MR) is 123 cm³/mol. The molecule has 5 heteroatoms. The number of amides is 1. The Balaban J connectivity index is 1.51. The monoisotopic (exact) mass is 414 g/mol. The Labute approximate surface area is 182 Å². The van der Waals surface area contributed by atoms with E-state index in [1.807, 2.05) is 73.8 Å². The minimum absolute atomic E-state index is 0.00928. The minimum Gasteiger partial charge on any atom is -0.497 e. The van der Waals surface area contributed by atoms with Crippen molar-refractivity contribution in [2.45, 2.75) is 12.8 Å². The molecule has 1 amide bonds. The van der Waals surface area contributed by atoms with E-state index in [1.165, 1.54) is 0 Å². The number of rotatable bonds is 8. The number of ether oxygens (including phenoxy) is 2. The molecule has 1 atom stereocenters. The number of aromatic amines is 1. The molecular weight excluding hydrogens is 388 g/mol. The highest BCUT2D eigenvalue weighted by atomic mass is 16.5. The molecule has 0 spiro atoms. The van der Waals surface area contributed by atoms with Crippen molar-refractivity contribution in [2.24, 2.45) is 0 Å². The number of aryl methyl sites for hydroxylation is 1. The number of H-pyrrole nitrogens is 1. The third-order valence-corrected chi connectivity index (χ3v) is 5.38. The van der Waals surface area contributed by atoms with E-state index in [4.69, 9.17) is 9.47 Å². The van der Waals surface area contributed by atoms with E-state index in [9.17, 15) is 4.79 Å². The van der Waals surface area contributed by atoms with E-state index in [2.05, 4.69) is 22.4 Å². The van der Waals surface area contributed by atoms with Crippen molar-refractivity contribution in [1.82, 2.24) is 10.3 Å². The molecule has 0 radical (unpaired) electrons. The molecular formula is C26H26N2O3. The van der Waals surface area contributed by atoms with Crippen molar-refractivity contribution < 1.29 is 14.3 Å². The van der Waals surface area contributed by atoms with Gasteiger partial charge in [0.15, 0.2) is 6.61 Å².